The van der Waals surface area contributed by atoms with Crippen LogP contribution in [0.2, 0.25) is 0 Å². The van der Waals surface area contributed by atoms with Crippen molar-refractivity contribution in [2.75, 3.05) is 0 Å². The van der Waals surface area contributed by atoms with Crippen LogP contribution in [0.15, 0.2) is 0 Å². The predicted molar refractivity (Wildman–Crippen MR) is 97.5 cm³/mol. The highest BCUT2D eigenvalue weighted by Crippen LogP contribution is 2.68. The molecule has 0 bridgehead atoms. The second-order valence-corrected chi connectivity index (χ2v) is 12.5. The van der Waals surface area contributed by atoms with Crippen molar-refractivity contribution < 1.29 is 180 Å². The first-order chi connectivity index (χ1) is 24.6. The SMILES string of the molecule is FC(F)(F)C(F)(F)O[Si](OC(F)(F)C(F)(F)F)(OC(F)(C(F)(F)F)C(F)(F)C(F)(F)C(F)(F)C(F)(F)C(F)(F)C(F)(F)C(F)(F)C(F)(F)F)C(F)(F)C(F)(F)C(F)(F)F. The van der Waals surface area contributed by atoms with E-state index in [1.807, 2.05) is 0 Å². The third-order valence-corrected chi connectivity index (χ3v) is 8.77. The molecular weight excluding hydrogens is 1000 g/mol. The molecule has 0 aliphatic carbocycles. The van der Waals surface area contributed by atoms with Gasteiger partial charge in [-0.25, -0.2) is 0 Å². The Bertz CT molecular complexity index is 1460. The van der Waals surface area contributed by atoms with Gasteiger partial charge in [0.05, 0.1) is 0 Å². The molecule has 42 heteroatoms. The zero-order valence-corrected chi connectivity index (χ0v) is 25.6. The summed E-state index contributed by atoms with van der Waals surface area (Å²) < 4.78 is 513. The molecule has 356 valence electrons. The third-order valence-electron chi connectivity index (χ3n) is 6.09. The van der Waals surface area contributed by atoms with Crippen LogP contribution in [0, 0.1) is 0 Å². The van der Waals surface area contributed by atoms with Gasteiger partial charge in [-0.1, -0.05) is 0 Å². The standard InChI is InChI=1S/C17F38O3Si/c18-1(19,3(22,23)5(26,27)7(30,31)10(35,36)37)2(20,21)4(24,25)6(28,29)9(34,12(41,42)43)56-59(57-15(50,51)13(44,45)46,58-16(52,53)14(47,48)49)17(54,55)8(32,33)11(38,39)40. The van der Waals surface area contributed by atoms with Crippen LogP contribution in [0.4, 0.5) is 167 Å². The molecule has 0 fully saturated rings. The molecule has 0 aromatic rings. The van der Waals surface area contributed by atoms with Crippen molar-refractivity contribution in [1.82, 2.24) is 0 Å². The normalized spacial score (nSPS) is 18.0. The summed E-state index contributed by atoms with van der Waals surface area (Å²) in [6.07, 6.45) is -62.8. The van der Waals surface area contributed by atoms with Crippen molar-refractivity contribution in [2.24, 2.45) is 0 Å². The molecule has 0 radical (unpaired) electrons. The molecule has 0 saturated carbocycles. The Morgan fingerprint density at radius 2 is 0.424 bits per heavy atom. The fraction of sp³-hybridized carbons (Fsp3) is 1.00. The smallest absolute Gasteiger partial charge is 0.324 e. The molecule has 0 saturated heterocycles. The largest absolute Gasteiger partial charge is 0.594 e. The van der Waals surface area contributed by atoms with Gasteiger partial charge < -0.3 is 13.3 Å². The van der Waals surface area contributed by atoms with Crippen molar-refractivity contribution in [2.45, 2.75) is 102 Å². The number of rotatable bonds is 15. The molecule has 0 heterocycles. The van der Waals surface area contributed by atoms with Crippen molar-refractivity contribution >= 4 is 8.80 Å². The minimum absolute atomic E-state index is 0.710. The first-order valence-corrected chi connectivity index (χ1v) is 13.6. The van der Waals surface area contributed by atoms with E-state index in [1.165, 1.54) is 0 Å². The Balaban J connectivity index is 9.06. The van der Waals surface area contributed by atoms with Gasteiger partial charge in [0, 0.05) is 0 Å². The summed E-state index contributed by atoms with van der Waals surface area (Å²) >= 11 is 0. The molecule has 0 rings (SSSR count). The summed E-state index contributed by atoms with van der Waals surface area (Å²) in [6, 6.07) is 0. The van der Waals surface area contributed by atoms with Crippen LogP contribution in [0.1, 0.15) is 0 Å². The van der Waals surface area contributed by atoms with Gasteiger partial charge in [0.25, 0.3) is 0 Å². The van der Waals surface area contributed by atoms with E-state index in [9.17, 15) is 162 Å². The number of alkyl halides is 38. The number of halogens is 38. The van der Waals surface area contributed by atoms with E-state index >= 15 is 4.39 Å². The first kappa shape index (κ1) is 56.4. The molecule has 0 aromatic carbocycles. The monoisotopic (exact) mass is 1000 g/mol. The van der Waals surface area contributed by atoms with Crippen molar-refractivity contribution in [3.8, 4) is 0 Å². The Hall–Kier alpha value is -2.56. The second-order valence-electron chi connectivity index (χ2n) is 10.1. The summed E-state index contributed by atoms with van der Waals surface area (Å²) in [7, 11) is -12.5. The van der Waals surface area contributed by atoms with Crippen LogP contribution < -0.4 is 0 Å². The fourth-order valence-corrected chi connectivity index (χ4v) is 5.49. The van der Waals surface area contributed by atoms with Gasteiger partial charge in [-0.2, -0.15) is 167 Å². The Morgan fingerprint density at radius 3 is 0.627 bits per heavy atom. The summed E-state index contributed by atoms with van der Waals surface area (Å²) in [5, 5.41) is 0. The molecule has 0 aliphatic heterocycles. The van der Waals surface area contributed by atoms with Gasteiger partial charge >= 0.3 is 111 Å². The Labute approximate surface area is 292 Å². The summed E-state index contributed by atoms with van der Waals surface area (Å²) in [6.45, 7) is 0. The van der Waals surface area contributed by atoms with E-state index in [2.05, 4.69) is 0 Å². The van der Waals surface area contributed by atoms with Crippen LogP contribution >= 0.6 is 0 Å². The van der Waals surface area contributed by atoms with Gasteiger partial charge in [-0.15, -0.1) is 0 Å². The quantitative estimate of drug-likeness (QED) is 0.121. The molecule has 1 unspecified atom stereocenters. The Kier molecular flexibility index (Phi) is 13.4. The molecular formula is C17F38O3Si. The highest BCUT2D eigenvalue weighted by molar-refractivity contribution is 6.64. The number of hydrogen-bond donors (Lipinski definition) is 0. The summed E-state index contributed by atoms with van der Waals surface area (Å²) in [5.41, 5.74) is -10.0. The van der Waals surface area contributed by atoms with Gasteiger partial charge in [0.1, 0.15) is 0 Å². The fourth-order valence-electron chi connectivity index (χ4n) is 2.93. The molecule has 59 heavy (non-hydrogen) atoms. The second kappa shape index (κ2) is 14.0. The van der Waals surface area contributed by atoms with Crippen LogP contribution in [0.5, 0.6) is 0 Å². The molecule has 0 aromatic heterocycles. The lowest BCUT2D eigenvalue weighted by atomic mass is 9.87. The van der Waals surface area contributed by atoms with E-state index < -0.39 is 111 Å². The highest BCUT2D eigenvalue weighted by atomic mass is 28.4. The average Bonchev–Trinajstić information content (AvgIpc) is 2.92. The molecule has 1 atom stereocenters. The van der Waals surface area contributed by atoms with Crippen molar-refractivity contribution in [3.05, 3.63) is 0 Å². The topological polar surface area (TPSA) is 27.7 Å². The minimum atomic E-state index is -12.5. The average molecular weight is 1000 g/mol. The molecule has 0 N–H and O–H groups in total. The van der Waals surface area contributed by atoms with Crippen LogP contribution in [0.3, 0.4) is 0 Å². The van der Waals surface area contributed by atoms with Crippen molar-refractivity contribution in [3.63, 3.8) is 0 Å². The highest BCUT2D eigenvalue weighted by Gasteiger charge is 3.00. The lowest BCUT2D eigenvalue weighted by molar-refractivity contribution is -0.489. The Morgan fingerprint density at radius 1 is 0.203 bits per heavy atom. The maximum atomic E-state index is 15.0. The molecule has 3 nitrogen and oxygen atoms in total. The van der Waals surface area contributed by atoms with Gasteiger partial charge in [-0.3, -0.25) is 0 Å². The maximum Gasteiger partial charge on any atom is 0.594 e. The van der Waals surface area contributed by atoms with E-state index in [0.717, 1.165) is 8.85 Å². The maximum absolute atomic E-state index is 15.0. The lowest BCUT2D eigenvalue weighted by Crippen LogP contribution is -2.81. The zero-order valence-electron chi connectivity index (χ0n) is 24.6. The van der Waals surface area contributed by atoms with E-state index in [1.54, 1.807) is 0 Å². The van der Waals surface area contributed by atoms with Crippen molar-refractivity contribution in [1.29, 1.82) is 0 Å². The van der Waals surface area contributed by atoms with Gasteiger partial charge in [0.15, 0.2) is 0 Å². The third kappa shape index (κ3) is 7.91. The van der Waals surface area contributed by atoms with Crippen LogP contribution in [-0.2, 0) is 13.3 Å². The van der Waals surface area contributed by atoms with Crippen LogP contribution in [0.25, 0.3) is 0 Å². The molecule has 0 spiro atoms. The minimum Gasteiger partial charge on any atom is -0.324 e. The van der Waals surface area contributed by atoms with Gasteiger partial charge in [-0.05, 0) is 0 Å². The van der Waals surface area contributed by atoms with Gasteiger partial charge in [0.2, 0.25) is 0 Å². The van der Waals surface area contributed by atoms with E-state index in [4.69, 9.17) is 0 Å². The molecule has 0 aliphatic rings. The van der Waals surface area contributed by atoms with E-state index in [0.29, 0.717) is 4.43 Å². The lowest BCUT2D eigenvalue weighted by Gasteiger charge is -2.48. The number of hydrogen-bond acceptors (Lipinski definition) is 3. The summed E-state index contributed by atoms with van der Waals surface area (Å²) in [5.74, 6) is -90.8. The zero-order chi connectivity index (χ0) is 49.1. The predicted octanol–water partition coefficient (Wildman–Crippen LogP) is 11.9. The van der Waals surface area contributed by atoms with E-state index in [-0.39, 0.29) is 0 Å². The summed E-state index contributed by atoms with van der Waals surface area (Å²) in [4.78, 5) is 0. The van der Waals surface area contributed by atoms with Crippen LogP contribution in [-0.4, -0.2) is 111 Å². The molecule has 0 amide bonds. The first-order valence-electron chi connectivity index (χ1n) is 11.9.